The van der Waals surface area contributed by atoms with Crippen LogP contribution in [0.5, 0.6) is 0 Å². The van der Waals surface area contributed by atoms with Gasteiger partial charge in [-0.15, -0.1) is 15.3 Å². The van der Waals surface area contributed by atoms with Gasteiger partial charge in [-0.2, -0.15) is 4.98 Å². The standard InChI is InChI=1S/C15H13N7O2S/c1-8-11(12(22-24-8)9-5-3-2-4-6-9)13-19-18-10(23-13)7-25-15-17-14(16)20-21-15/h2-6H,7H2,1H3,(H3,16,17,20,21). The van der Waals surface area contributed by atoms with E-state index in [4.69, 9.17) is 14.7 Å². The monoisotopic (exact) mass is 355 g/mol. The number of thioether (sulfide) groups is 1. The number of benzene rings is 1. The van der Waals surface area contributed by atoms with Crippen LogP contribution in [-0.2, 0) is 5.75 Å². The molecule has 0 bridgehead atoms. The number of nitrogen functional groups attached to an aromatic ring is 1. The molecule has 126 valence electrons. The smallest absolute Gasteiger partial charge is 0.253 e. The van der Waals surface area contributed by atoms with Gasteiger partial charge >= 0.3 is 0 Å². The highest BCUT2D eigenvalue weighted by Crippen LogP contribution is 2.33. The van der Waals surface area contributed by atoms with Crippen molar-refractivity contribution in [3.05, 3.63) is 42.0 Å². The van der Waals surface area contributed by atoms with Gasteiger partial charge in [0.25, 0.3) is 5.89 Å². The lowest BCUT2D eigenvalue weighted by atomic mass is 10.1. The molecule has 0 fully saturated rings. The minimum atomic E-state index is 0.265. The maximum atomic E-state index is 5.76. The molecule has 0 saturated carbocycles. The van der Waals surface area contributed by atoms with Crippen molar-refractivity contribution in [1.82, 2.24) is 30.5 Å². The Bertz CT molecular complexity index is 992. The highest BCUT2D eigenvalue weighted by molar-refractivity contribution is 7.98. The highest BCUT2D eigenvalue weighted by Gasteiger charge is 2.22. The third-order valence-electron chi connectivity index (χ3n) is 3.40. The number of aryl methyl sites for hydroxylation is 1. The van der Waals surface area contributed by atoms with Crippen molar-refractivity contribution in [3.63, 3.8) is 0 Å². The van der Waals surface area contributed by atoms with Gasteiger partial charge in [-0.05, 0) is 6.92 Å². The number of hydrogen-bond acceptors (Lipinski definition) is 9. The van der Waals surface area contributed by atoms with Crippen LogP contribution in [0.25, 0.3) is 22.7 Å². The van der Waals surface area contributed by atoms with E-state index in [1.165, 1.54) is 11.8 Å². The Morgan fingerprint density at radius 2 is 2.04 bits per heavy atom. The van der Waals surface area contributed by atoms with Gasteiger partial charge in [-0.25, -0.2) is 5.10 Å². The summed E-state index contributed by atoms with van der Waals surface area (Å²) < 4.78 is 11.1. The molecule has 3 heterocycles. The molecule has 0 unspecified atom stereocenters. The molecule has 25 heavy (non-hydrogen) atoms. The lowest BCUT2D eigenvalue weighted by molar-refractivity contribution is 0.399. The van der Waals surface area contributed by atoms with E-state index in [9.17, 15) is 0 Å². The number of aromatic amines is 1. The number of nitrogens with two attached hydrogens (primary N) is 1. The van der Waals surface area contributed by atoms with Crippen LogP contribution in [-0.4, -0.2) is 30.5 Å². The van der Waals surface area contributed by atoms with Gasteiger partial charge < -0.3 is 14.7 Å². The minimum Gasteiger partial charge on any atom is -0.420 e. The molecule has 1 aromatic carbocycles. The van der Waals surface area contributed by atoms with Gasteiger partial charge in [0.2, 0.25) is 17.0 Å². The summed E-state index contributed by atoms with van der Waals surface area (Å²) in [6.07, 6.45) is 0. The zero-order chi connectivity index (χ0) is 17.2. The number of nitrogens with zero attached hydrogens (tertiary/aromatic N) is 5. The lowest BCUT2D eigenvalue weighted by Gasteiger charge is -1.98. The molecular weight excluding hydrogens is 342 g/mol. The van der Waals surface area contributed by atoms with Crippen molar-refractivity contribution >= 4 is 17.7 Å². The maximum absolute atomic E-state index is 5.76. The Hall–Kier alpha value is -3.14. The summed E-state index contributed by atoms with van der Waals surface area (Å²) in [5.74, 6) is 2.12. The fraction of sp³-hybridized carbons (Fsp3) is 0.133. The molecule has 4 aromatic rings. The molecule has 9 nitrogen and oxygen atoms in total. The maximum Gasteiger partial charge on any atom is 0.253 e. The van der Waals surface area contributed by atoms with Gasteiger partial charge in [0.15, 0.2) is 0 Å². The van der Waals surface area contributed by atoms with E-state index in [0.717, 1.165) is 5.56 Å². The van der Waals surface area contributed by atoms with Gasteiger partial charge in [0.1, 0.15) is 17.0 Å². The van der Waals surface area contributed by atoms with E-state index < -0.39 is 0 Å². The molecule has 0 spiro atoms. The number of H-pyrrole nitrogens is 1. The fourth-order valence-corrected chi connectivity index (χ4v) is 2.92. The zero-order valence-electron chi connectivity index (χ0n) is 13.1. The first-order chi connectivity index (χ1) is 12.2. The Kier molecular flexibility index (Phi) is 3.94. The second-order valence-electron chi connectivity index (χ2n) is 5.12. The van der Waals surface area contributed by atoms with Crippen molar-refractivity contribution in [3.8, 4) is 22.7 Å². The van der Waals surface area contributed by atoms with Crippen LogP contribution in [0.1, 0.15) is 11.7 Å². The Labute approximate surface area is 146 Å². The lowest BCUT2D eigenvalue weighted by Crippen LogP contribution is -1.85. The molecule has 0 aliphatic heterocycles. The molecule has 3 N–H and O–H groups in total. The van der Waals surface area contributed by atoms with Crippen molar-refractivity contribution in [1.29, 1.82) is 0 Å². The normalized spacial score (nSPS) is 11.1. The van der Waals surface area contributed by atoms with Crippen LogP contribution in [0.2, 0.25) is 0 Å². The predicted octanol–water partition coefficient (Wildman–Crippen LogP) is 2.69. The second-order valence-corrected chi connectivity index (χ2v) is 6.06. The number of rotatable bonds is 5. The minimum absolute atomic E-state index is 0.265. The van der Waals surface area contributed by atoms with Gasteiger partial charge in [-0.3, -0.25) is 0 Å². The first-order valence-corrected chi connectivity index (χ1v) is 8.34. The van der Waals surface area contributed by atoms with Crippen molar-refractivity contribution in [2.45, 2.75) is 17.8 Å². The van der Waals surface area contributed by atoms with E-state index in [2.05, 4.69) is 30.5 Å². The van der Waals surface area contributed by atoms with Crippen molar-refractivity contribution in [2.75, 3.05) is 5.73 Å². The average molecular weight is 355 g/mol. The van der Waals surface area contributed by atoms with Gasteiger partial charge in [0.05, 0.1) is 5.75 Å². The number of hydrogen-bond donors (Lipinski definition) is 2. The van der Waals surface area contributed by atoms with Crippen LogP contribution in [0.3, 0.4) is 0 Å². The largest absolute Gasteiger partial charge is 0.420 e. The van der Waals surface area contributed by atoms with Crippen LogP contribution in [0.15, 0.2) is 44.4 Å². The summed E-state index contributed by atoms with van der Waals surface area (Å²) in [6.45, 7) is 1.81. The quantitative estimate of drug-likeness (QED) is 0.518. The molecule has 0 amide bonds. The van der Waals surface area contributed by atoms with E-state index in [0.29, 0.717) is 39.7 Å². The third kappa shape index (κ3) is 3.11. The summed E-state index contributed by atoms with van der Waals surface area (Å²) in [4.78, 5) is 4.01. The SMILES string of the molecule is Cc1onc(-c2ccccc2)c1-c1nnc(CSc2n[nH]c(N)n2)o1. The number of anilines is 1. The summed E-state index contributed by atoms with van der Waals surface area (Å²) >= 11 is 1.34. The summed E-state index contributed by atoms with van der Waals surface area (Å²) in [5, 5.41) is 19.3. The van der Waals surface area contributed by atoms with Gasteiger partial charge in [0, 0.05) is 5.56 Å². The van der Waals surface area contributed by atoms with E-state index in [-0.39, 0.29) is 5.95 Å². The van der Waals surface area contributed by atoms with Gasteiger partial charge in [-0.1, -0.05) is 47.3 Å². The third-order valence-corrected chi connectivity index (χ3v) is 4.23. The summed E-state index contributed by atoms with van der Waals surface area (Å²) in [6, 6.07) is 9.69. The molecular formula is C15H13N7O2S. The molecule has 0 atom stereocenters. The molecule has 0 radical (unpaired) electrons. The molecule has 0 aliphatic rings. The van der Waals surface area contributed by atoms with E-state index >= 15 is 0 Å². The molecule has 0 aliphatic carbocycles. The molecule has 0 saturated heterocycles. The first kappa shape index (κ1) is 15.4. The predicted molar refractivity (Wildman–Crippen MR) is 90.3 cm³/mol. The molecule has 10 heteroatoms. The highest BCUT2D eigenvalue weighted by atomic mass is 32.2. The Balaban J connectivity index is 1.59. The molecule has 3 aromatic heterocycles. The zero-order valence-corrected chi connectivity index (χ0v) is 13.9. The van der Waals surface area contributed by atoms with Crippen LogP contribution in [0.4, 0.5) is 5.95 Å². The molecule has 4 rings (SSSR count). The van der Waals surface area contributed by atoms with E-state index in [1.54, 1.807) is 0 Å². The number of nitrogens with one attached hydrogen (secondary N) is 1. The number of aromatic nitrogens is 6. The van der Waals surface area contributed by atoms with Crippen LogP contribution < -0.4 is 5.73 Å². The Morgan fingerprint density at radius 3 is 2.80 bits per heavy atom. The first-order valence-electron chi connectivity index (χ1n) is 7.36. The van der Waals surface area contributed by atoms with E-state index in [1.807, 2.05) is 37.3 Å². The second kappa shape index (κ2) is 6.40. The van der Waals surface area contributed by atoms with Crippen molar-refractivity contribution < 1.29 is 8.94 Å². The van der Waals surface area contributed by atoms with Crippen LogP contribution in [0, 0.1) is 6.92 Å². The average Bonchev–Trinajstić information content (AvgIpc) is 3.33. The Morgan fingerprint density at radius 1 is 1.20 bits per heavy atom. The van der Waals surface area contributed by atoms with Crippen molar-refractivity contribution in [2.24, 2.45) is 0 Å². The fourth-order valence-electron chi connectivity index (χ4n) is 2.28. The van der Waals surface area contributed by atoms with Crippen LogP contribution >= 0.6 is 11.8 Å². The topological polar surface area (TPSA) is 133 Å². The summed E-state index contributed by atoms with van der Waals surface area (Å²) in [5.41, 5.74) is 7.77. The summed E-state index contributed by atoms with van der Waals surface area (Å²) in [7, 11) is 0.